The van der Waals surface area contributed by atoms with Gasteiger partial charge in [0.1, 0.15) is 23.3 Å². The van der Waals surface area contributed by atoms with E-state index in [0.29, 0.717) is 33.5 Å². The summed E-state index contributed by atoms with van der Waals surface area (Å²) in [5, 5.41) is 38.3. The molecule has 0 aliphatic heterocycles. The summed E-state index contributed by atoms with van der Waals surface area (Å²) in [6.45, 7) is 15.9. The highest BCUT2D eigenvalue weighted by molar-refractivity contribution is 9.09. The molecule has 7 aliphatic rings. The Bertz CT molecular complexity index is 7720. The third-order valence-corrected chi connectivity index (χ3v) is 46.9. The van der Waals surface area contributed by atoms with Gasteiger partial charge in [-0.3, -0.25) is 0 Å². The number of hydrogen-bond donors (Lipinski definition) is 0. The van der Waals surface area contributed by atoms with Crippen molar-refractivity contribution in [1.82, 2.24) is 0 Å². The summed E-state index contributed by atoms with van der Waals surface area (Å²) >= 11 is 66.9. The maximum atomic E-state index is 14.0. The van der Waals surface area contributed by atoms with Gasteiger partial charge in [0, 0.05) is 143 Å². The summed E-state index contributed by atoms with van der Waals surface area (Å²) in [7, 11) is 0. The zero-order valence-electron chi connectivity index (χ0n) is 77.2. The average Bonchev–Trinajstić information content (AvgIpc) is 1.54. The van der Waals surface area contributed by atoms with Crippen molar-refractivity contribution < 1.29 is 17.6 Å². The van der Waals surface area contributed by atoms with E-state index in [4.69, 9.17) is 69.6 Å². The van der Waals surface area contributed by atoms with E-state index in [-0.39, 0.29) is 95.5 Å². The Kier molecular flexibility index (Phi) is 35.8. The maximum absolute atomic E-state index is 14.0. The van der Waals surface area contributed by atoms with E-state index in [1.54, 1.807) is 51.4 Å². The maximum Gasteiger partial charge on any atom is 0.129 e. The van der Waals surface area contributed by atoms with Crippen LogP contribution in [0.15, 0.2) is 294 Å². The SMILES string of the molecule is C.C.C.C.C.C.C.CC1(Cc2c(Cl)cccc2Cl)c2ccsc2-c2sccc21.CC1(Cc2c(F)cccc2F)c2ccsc2-c2sccc21.CC1(Cc2ccc(Cl)cc2Cl)c2ccsc2-c2sccc21.CC1(Cc2ccc(F)cc2F)c2ccsc2-c2sccc21.CC1(Cc2cccc(Cl)c2Cl)c2ccsc2-c2sccc21.CC1(c2cccc3ccccc23)c2ccsc2-c2sccc21.CCC1(CBr)c2ccsc2-c2sccc21. The van der Waals surface area contributed by atoms with Crippen LogP contribution in [-0.4, -0.2) is 5.33 Å². The number of benzene rings is 7. The van der Waals surface area contributed by atoms with Crippen molar-refractivity contribution in [1.29, 1.82) is 0 Å². The Hall–Kier alpha value is -7.46. The second-order valence-electron chi connectivity index (χ2n) is 37.6. The minimum atomic E-state index is -0.528. The van der Waals surface area contributed by atoms with Gasteiger partial charge < -0.3 is 0 Å². The zero-order chi connectivity index (χ0) is 98.3. The van der Waals surface area contributed by atoms with Gasteiger partial charge >= 0.3 is 0 Å². The largest absolute Gasteiger partial charge is 0.207 e. The highest BCUT2D eigenvalue weighted by atomic mass is 79.9. The fraction of sp³-hybridized carbons (Fsp3) is 0.226. The van der Waals surface area contributed by atoms with Crippen LogP contribution >= 0.6 is 244 Å². The van der Waals surface area contributed by atoms with Crippen molar-refractivity contribution in [3.8, 4) is 68.3 Å². The number of fused-ring (bicyclic) bond motifs is 22. The van der Waals surface area contributed by atoms with Crippen molar-refractivity contribution in [3.05, 3.63) is 458 Å². The molecule has 21 aromatic rings. The minimum absolute atomic E-state index is 0. The number of alkyl halides is 1. The predicted molar refractivity (Wildman–Crippen MR) is 668 cm³/mol. The lowest BCUT2D eigenvalue weighted by Gasteiger charge is -2.28. The standard InChI is InChI=1S/C20H14S2.3C17H12Cl2S2.2C17H12F2S2.C12H11BrS2.7CH4/c1-20(15-8-4-6-13-5-2-3-7-14(13)15)16-9-11-21-18(16)19-17(20)10-12-22-19;1-17(9-10-2-3-11(18)8-14(10)19)12-4-6-20-15(12)16-13(17)5-7-21-16;1-17(9-10-13(18)3-2-4-14(10)19)11-5-7-20-15(11)16-12(17)6-8-21-16;1-17(9-10-3-2-4-13(18)14(10)19)11-5-7-20-15(11)16-12(17)6-8-21-16;1-17(9-10-2-3-11(18)8-14(10)19)12-4-6-20-15(12)16-13(17)5-7-21-16;1-17(9-10-13(18)3-2-4-14(10)19)11-5-7-20-15(11)16-12(17)6-8-21-16;1-2-12(7-13)8-3-5-14-10(8)11-9(12)4-6-15-11;;;;;;;/h2-12H,1H3;5*2-8H,9H2,1H3;3-6H,2,7H2,1H3;7*1H4. The molecule has 0 atom stereocenters. The van der Waals surface area contributed by atoms with Crippen molar-refractivity contribution in [2.24, 2.45) is 0 Å². The molecule has 0 nitrogen and oxygen atoms in total. The number of rotatable bonds is 13. The molecule has 0 radical (unpaired) electrons. The zero-order valence-corrected chi connectivity index (χ0v) is 94.7. The smallest absolute Gasteiger partial charge is 0.129 e. The molecule has 149 heavy (non-hydrogen) atoms. The first-order chi connectivity index (χ1) is 68.6. The average molecular weight is 2420 g/mol. The van der Waals surface area contributed by atoms with Gasteiger partial charge in [0.05, 0.1) is 10.0 Å². The summed E-state index contributed by atoms with van der Waals surface area (Å²) in [6.07, 6.45) is 4.67. The first-order valence-electron chi connectivity index (χ1n) is 46.0. The fourth-order valence-electron chi connectivity index (χ4n) is 22.5. The van der Waals surface area contributed by atoms with Gasteiger partial charge in [0.2, 0.25) is 0 Å². The summed E-state index contributed by atoms with van der Waals surface area (Å²) in [5.74, 6) is -1.91. The molecular weight excluding hydrogens is 2310 g/mol. The molecular formula is C124H113BrCl6F4S14. The summed E-state index contributed by atoms with van der Waals surface area (Å²) < 4.78 is 55.2. The molecule has 25 heteroatoms. The lowest BCUT2D eigenvalue weighted by atomic mass is 9.74. The Labute approximate surface area is 970 Å². The van der Waals surface area contributed by atoms with Crippen LogP contribution < -0.4 is 0 Å². The Balaban J connectivity index is 0.000000129. The van der Waals surface area contributed by atoms with Crippen LogP contribution in [-0.2, 0) is 70.0 Å². The third kappa shape index (κ3) is 19.6. The van der Waals surface area contributed by atoms with Gasteiger partial charge in [-0.05, 0) is 371 Å². The predicted octanol–water partition coefficient (Wildman–Crippen LogP) is 46.8. The van der Waals surface area contributed by atoms with E-state index in [1.807, 2.05) is 162 Å². The highest BCUT2D eigenvalue weighted by Crippen LogP contribution is 2.64. The van der Waals surface area contributed by atoms with Crippen LogP contribution in [0.4, 0.5) is 17.6 Å². The monoisotopic (exact) mass is 2410 g/mol. The van der Waals surface area contributed by atoms with E-state index in [0.717, 1.165) is 62.4 Å². The topological polar surface area (TPSA) is 0 Å². The van der Waals surface area contributed by atoms with Gasteiger partial charge in [-0.1, -0.05) is 258 Å². The highest BCUT2D eigenvalue weighted by Gasteiger charge is 2.50. The van der Waals surface area contributed by atoms with E-state index >= 15 is 0 Å². The van der Waals surface area contributed by atoms with Crippen molar-refractivity contribution >= 4 is 255 Å². The van der Waals surface area contributed by atoms with Gasteiger partial charge in [-0.15, -0.1) is 159 Å². The Morgan fingerprint density at radius 1 is 0.248 bits per heavy atom. The lowest BCUT2D eigenvalue weighted by molar-refractivity contribution is 0.506. The Morgan fingerprint density at radius 3 is 0.899 bits per heavy atom. The van der Waals surface area contributed by atoms with Crippen molar-refractivity contribution in [2.75, 3.05) is 5.33 Å². The molecule has 0 amide bonds. The van der Waals surface area contributed by atoms with Gasteiger partial charge in [-0.25, -0.2) is 17.6 Å². The second-order valence-corrected chi connectivity index (χ2v) is 53.5. The van der Waals surface area contributed by atoms with Gasteiger partial charge in [0.25, 0.3) is 0 Å². The second kappa shape index (κ2) is 46.1. The van der Waals surface area contributed by atoms with E-state index in [2.05, 4.69) is 273 Å². The molecule has 7 aromatic carbocycles. The molecule has 14 aromatic heterocycles. The molecule has 7 aliphatic carbocycles. The number of hydrogen-bond acceptors (Lipinski definition) is 14. The Morgan fingerprint density at radius 2 is 0.537 bits per heavy atom. The molecule has 0 N–H and O–H groups in total. The van der Waals surface area contributed by atoms with Crippen LogP contribution in [0.3, 0.4) is 0 Å². The van der Waals surface area contributed by atoms with Crippen LogP contribution in [0.5, 0.6) is 0 Å². The molecule has 0 bridgehead atoms. The first kappa shape index (κ1) is 116. The van der Waals surface area contributed by atoms with Crippen molar-refractivity contribution in [3.63, 3.8) is 0 Å². The van der Waals surface area contributed by atoms with Crippen LogP contribution in [0.25, 0.3) is 79.1 Å². The molecule has 0 unspecified atom stereocenters. The van der Waals surface area contributed by atoms with Crippen molar-refractivity contribution in [2.45, 2.75) is 177 Å². The van der Waals surface area contributed by atoms with E-state index in [1.165, 1.54) is 193 Å². The molecule has 14 heterocycles. The van der Waals surface area contributed by atoms with Gasteiger partial charge in [-0.2, -0.15) is 0 Å². The summed E-state index contributed by atoms with van der Waals surface area (Å²) in [5.41, 5.74) is 24.5. The van der Waals surface area contributed by atoms with E-state index < -0.39 is 23.3 Å². The molecule has 0 saturated heterocycles. The van der Waals surface area contributed by atoms with Crippen LogP contribution in [0.2, 0.25) is 30.1 Å². The molecule has 0 spiro atoms. The van der Waals surface area contributed by atoms with Gasteiger partial charge in [0.15, 0.2) is 0 Å². The normalized spacial score (nSPS) is 14.4. The third-order valence-electron chi connectivity index (χ3n) is 29.8. The van der Waals surface area contributed by atoms with Crippen LogP contribution in [0.1, 0.15) is 218 Å². The van der Waals surface area contributed by atoms with E-state index in [9.17, 15) is 17.6 Å². The molecule has 0 fully saturated rings. The summed E-state index contributed by atoms with van der Waals surface area (Å²) in [4.78, 5) is 19.5. The molecule has 770 valence electrons. The quantitative estimate of drug-likeness (QED) is 0.0797. The lowest BCUT2D eigenvalue weighted by Crippen LogP contribution is -2.25. The molecule has 0 saturated carbocycles. The first-order valence-corrected chi connectivity index (χ1v) is 61.7. The number of thiophene rings is 14. The van der Waals surface area contributed by atoms with Crippen LogP contribution in [0, 0.1) is 23.3 Å². The molecule has 28 rings (SSSR count). The fourth-order valence-corrected chi connectivity index (χ4v) is 40.5. The summed E-state index contributed by atoms with van der Waals surface area (Å²) in [6, 6.07) is 72.0. The minimum Gasteiger partial charge on any atom is -0.207 e. The number of halogens is 11.